The summed E-state index contributed by atoms with van der Waals surface area (Å²) >= 11 is 0. The molecule has 4 heteroatoms. The first-order valence-electron chi connectivity index (χ1n) is 9.85. The predicted octanol–water partition coefficient (Wildman–Crippen LogP) is 5.62. The lowest BCUT2D eigenvalue weighted by Crippen LogP contribution is -2.44. The van der Waals surface area contributed by atoms with Crippen LogP contribution in [0.4, 0.5) is 0 Å². The quantitative estimate of drug-likeness (QED) is 0.444. The van der Waals surface area contributed by atoms with Crippen molar-refractivity contribution in [3.05, 3.63) is 29.8 Å². The van der Waals surface area contributed by atoms with E-state index in [9.17, 15) is 8.42 Å². The van der Waals surface area contributed by atoms with Crippen molar-refractivity contribution in [2.45, 2.75) is 83.0 Å². The van der Waals surface area contributed by atoms with Gasteiger partial charge in [0.2, 0.25) is 0 Å². The third-order valence-corrected chi connectivity index (χ3v) is 7.98. The Morgan fingerprint density at radius 3 is 2.04 bits per heavy atom. The first-order valence-corrected chi connectivity index (χ1v) is 11.3. The summed E-state index contributed by atoms with van der Waals surface area (Å²) < 4.78 is 30.5. The Balaban J connectivity index is 1.57. The molecule has 0 aromatic heterocycles. The van der Waals surface area contributed by atoms with Gasteiger partial charge in [-0.2, -0.15) is 8.42 Å². The standard InChI is InChI=1S/C21H32O3S/c1-3-4-5-10-20-11-14-21(15-12-20,16-13-20)17-24-25(22,23)19-8-6-18(2)7-9-19/h6-9H,3-5,10-17H2,1-2H3. The molecule has 2 bridgehead atoms. The fourth-order valence-corrected chi connectivity index (χ4v) is 5.67. The molecule has 0 atom stereocenters. The third kappa shape index (κ3) is 4.28. The molecule has 4 rings (SSSR count). The van der Waals surface area contributed by atoms with E-state index in [1.807, 2.05) is 19.1 Å². The minimum atomic E-state index is -3.64. The molecule has 0 saturated heterocycles. The zero-order chi connectivity index (χ0) is 18.0. The van der Waals surface area contributed by atoms with E-state index in [1.165, 1.54) is 44.9 Å². The maximum Gasteiger partial charge on any atom is 0.296 e. The van der Waals surface area contributed by atoms with Crippen molar-refractivity contribution in [1.82, 2.24) is 0 Å². The van der Waals surface area contributed by atoms with Gasteiger partial charge in [0.05, 0.1) is 11.5 Å². The molecular weight excluding hydrogens is 332 g/mol. The van der Waals surface area contributed by atoms with Gasteiger partial charge in [0.15, 0.2) is 0 Å². The molecule has 3 nitrogen and oxygen atoms in total. The van der Waals surface area contributed by atoms with Crippen LogP contribution in [0.3, 0.4) is 0 Å². The van der Waals surface area contributed by atoms with Crippen molar-refractivity contribution >= 4 is 10.1 Å². The Labute approximate surface area is 153 Å². The number of hydrogen-bond acceptors (Lipinski definition) is 3. The Kier molecular flexibility index (Phi) is 5.60. The minimum absolute atomic E-state index is 0.0876. The van der Waals surface area contributed by atoms with Crippen molar-refractivity contribution in [3.63, 3.8) is 0 Å². The number of unbranched alkanes of at least 4 members (excludes halogenated alkanes) is 2. The monoisotopic (exact) mass is 364 g/mol. The number of hydrogen-bond donors (Lipinski definition) is 0. The Morgan fingerprint density at radius 1 is 0.920 bits per heavy atom. The maximum absolute atomic E-state index is 12.5. The summed E-state index contributed by atoms with van der Waals surface area (Å²) in [4.78, 5) is 0.273. The fraction of sp³-hybridized carbons (Fsp3) is 0.714. The van der Waals surface area contributed by atoms with Crippen LogP contribution >= 0.6 is 0 Å². The molecule has 0 spiro atoms. The molecule has 0 radical (unpaired) electrons. The lowest BCUT2D eigenvalue weighted by atomic mass is 9.53. The molecule has 140 valence electrons. The van der Waals surface area contributed by atoms with E-state index in [4.69, 9.17) is 4.18 Å². The van der Waals surface area contributed by atoms with Crippen LogP contribution < -0.4 is 0 Å². The summed E-state index contributed by atoms with van der Waals surface area (Å²) in [6.45, 7) is 4.57. The van der Waals surface area contributed by atoms with E-state index < -0.39 is 10.1 Å². The van der Waals surface area contributed by atoms with Crippen molar-refractivity contribution in [2.24, 2.45) is 10.8 Å². The van der Waals surface area contributed by atoms with Crippen molar-refractivity contribution < 1.29 is 12.6 Å². The molecule has 3 aliphatic rings. The zero-order valence-electron chi connectivity index (χ0n) is 15.7. The van der Waals surface area contributed by atoms with Crippen LogP contribution in [0.2, 0.25) is 0 Å². The maximum atomic E-state index is 12.5. The van der Waals surface area contributed by atoms with Gasteiger partial charge in [-0.1, -0.05) is 43.9 Å². The highest BCUT2D eigenvalue weighted by molar-refractivity contribution is 7.86. The van der Waals surface area contributed by atoms with E-state index in [-0.39, 0.29) is 10.3 Å². The summed E-state index contributed by atoms with van der Waals surface area (Å²) in [5.74, 6) is 0. The summed E-state index contributed by atoms with van der Waals surface area (Å²) in [6, 6.07) is 6.92. The lowest BCUT2D eigenvalue weighted by molar-refractivity contribution is -0.0396. The van der Waals surface area contributed by atoms with Crippen molar-refractivity contribution in [2.75, 3.05) is 6.61 Å². The van der Waals surface area contributed by atoms with E-state index in [1.54, 1.807) is 12.1 Å². The van der Waals surface area contributed by atoms with Gasteiger partial charge in [-0.25, -0.2) is 0 Å². The second-order valence-corrected chi connectivity index (χ2v) is 10.1. The van der Waals surface area contributed by atoms with Crippen LogP contribution in [0.15, 0.2) is 29.2 Å². The first-order chi connectivity index (χ1) is 11.9. The van der Waals surface area contributed by atoms with Gasteiger partial charge in [-0.15, -0.1) is 0 Å². The van der Waals surface area contributed by atoms with Crippen molar-refractivity contribution in [1.29, 1.82) is 0 Å². The van der Waals surface area contributed by atoms with Gasteiger partial charge in [0, 0.05) is 0 Å². The molecule has 0 aliphatic heterocycles. The van der Waals surface area contributed by atoms with Gasteiger partial charge >= 0.3 is 0 Å². The van der Waals surface area contributed by atoms with E-state index in [2.05, 4.69) is 6.92 Å². The molecule has 3 aliphatic carbocycles. The van der Waals surface area contributed by atoms with E-state index in [0.29, 0.717) is 12.0 Å². The molecule has 3 saturated carbocycles. The zero-order valence-corrected chi connectivity index (χ0v) is 16.5. The fourth-order valence-electron chi connectivity index (χ4n) is 4.66. The van der Waals surface area contributed by atoms with E-state index in [0.717, 1.165) is 24.8 Å². The number of aryl methyl sites for hydroxylation is 1. The lowest BCUT2D eigenvalue weighted by Gasteiger charge is -2.53. The van der Waals surface area contributed by atoms with Gasteiger partial charge in [0.1, 0.15) is 0 Å². The number of benzene rings is 1. The number of fused-ring (bicyclic) bond motifs is 3. The van der Waals surface area contributed by atoms with E-state index >= 15 is 0 Å². The SMILES string of the molecule is CCCCCC12CCC(COS(=O)(=O)c3ccc(C)cc3)(CC1)CC2. The topological polar surface area (TPSA) is 43.4 Å². The molecule has 0 N–H and O–H groups in total. The normalized spacial score (nSPS) is 29.0. The van der Waals surface area contributed by atoms with Gasteiger partial charge in [-0.05, 0) is 74.8 Å². The second-order valence-electron chi connectivity index (χ2n) is 8.49. The molecule has 25 heavy (non-hydrogen) atoms. The van der Waals surface area contributed by atoms with Gasteiger partial charge < -0.3 is 0 Å². The highest BCUT2D eigenvalue weighted by atomic mass is 32.2. The Hall–Kier alpha value is -0.870. The Morgan fingerprint density at radius 2 is 1.48 bits per heavy atom. The predicted molar refractivity (Wildman–Crippen MR) is 101 cm³/mol. The van der Waals surface area contributed by atoms with Crippen LogP contribution in [0.5, 0.6) is 0 Å². The highest BCUT2D eigenvalue weighted by Crippen LogP contribution is 2.59. The smallest absolute Gasteiger partial charge is 0.266 e. The highest BCUT2D eigenvalue weighted by Gasteiger charge is 2.48. The van der Waals surface area contributed by atoms with Crippen LogP contribution in [-0.2, 0) is 14.3 Å². The summed E-state index contributed by atoms with van der Waals surface area (Å²) in [6.07, 6.45) is 12.5. The largest absolute Gasteiger partial charge is 0.296 e. The van der Waals surface area contributed by atoms with Crippen LogP contribution in [0, 0.1) is 17.8 Å². The molecule has 0 unspecified atom stereocenters. The molecular formula is C21H32O3S. The van der Waals surface area contributed by atoms with Crippen LogP contribution in [0.25, 0.3) is 0 Å². The molecule has 1 aromatic carbocycles. The second kappa shape index (κ2) is 7.40. The molecule has 0 amide bonds. The minimum Gasteiger partial charge on any atom is -0.266 e. The summed E-state index contributed by atoms with van der Waals surface area (Å²) in [5.41, 5.74) is 1.69. The summed E-state index contributed by atoms with van der Waals surface area (Å²) in [5, 5.41) is 0. The first kappa shape index (κ1) is 18.9. The average Bonchev–Trinajstić information content (AvgIpc) is 2.63. The molecule has 3 fully saturated rings. The van der Waals surface area contributed by atoms with Gasteiger partial charge in [0.25, 0.3) is 10.1 Å². The van der Waals surface area contributed by atoms with Crippen LogP contribution in [0.1, 0.15) is 76.7 Å². The van der Waals surface area contributed by atoms with Crippen LogP contribution in [-0.4, -0.2) is 15.0 Å². The average molecular weight is 365 g/mol. The van der Waals surface area contributed by atoms with Crippen molar-refractivity contribution in [3.8, 4) is 0 Å². The van der Waals surface area contributed by atoms with Gasteiger partial charge in [-0.3, -0.25) is 4.18 Å². The Bertz CT molecular complexity index is 651. The number of rotatable bonds is 8. The summed E-state index contributed by atoms with van der Waals surface area (Å²) in [7, 11) is -3.64. The third-order valence-electron chi connectivity index (χ3n) is 6.70. The molecule has 0 heterocycles. The molecule has 1 aromatic rings.